The first-order chi connectivity index (χ1) is 12.0. The molecule has 0 unspecified atom stereocenters. The summed E-state index contributed by atoms with van der Waals surface area (Å²) in [5.74, 6) is -3.13. The molecule has 0 aromatic heterocycles. The smallest absolute Gasteiger partial charge is 0.325 e. The van der Waals surface area contributed by atoms with E-state index >= 15 is 0 Å². The van der Waals surface area contributed by atoms with Crippen molar-refractivity contribution < 1.29 is 35.2 Å². The van der Waals surface area contributed by atoms with Crippen LogP contribution in [0.1, 0.15) is 5.56 Å². The second-order valence-electron chi connectivity index (χ2n) is 5.02. The number of carbonyl (C=O) groups excluding carboxylic acids is 1. The first-order valence-electron chi connectivity index (χ1n) is 6.91. The molecule has 5 nitrogen and oxygen atoms in total. The Labute approximate surface area is 144 Å². The molecule has 2 rings (SSSR count). The Balaban J connectivity index is 2.10. The number of rotatable bonds is 5. The van der Waals surface area contributed by atoms with E-state index in [-0.39, 0.29) is 11.8 Å². The van der Waals surface area contributed by atoms with Crippen molar-refractivity contribution in [3.63, 3.8) is 0 Å². The number of sulfonamides is 1. The summed E-state index contributed by atoms with van der Waals surface area (Å²) in [5, 5.41) is 2.21. The van der Waals surface area contributed by atoms with Gasteiger partial charge in [-0.15, -0.1) is 0 Å². The molecule has 1 amide bonds. The SMILES string of the molecule is O=C(CNS(=O)(=O)c1ccc(F)c(C(F)(F)F)c1)Nc1cccc(F)c1. The van der Waals surface area contributed by atoms with Gasteiger partial charge in [-0.1, -0.05) is 6.07 Å². The Morgan fingerprint density at radius 2 is 1.73 bits per heavy atom. The number of amides is 1. The van der Waals surface area contributed by atoms with Crippen molar-refractivity contribution in [2.24, 2.45) is 0 Å². The molecule has 2 aromatic rings. The van der Waals surface area contributed by atoms with E-state index in [1.165, 1.54) is 12.1 Å². The second kappa shape index (κ2) is 7.38. The monoisotopic (exact) mass is 394 g/mol. The summed E-state index contributed by atoms with van der Waals surface area (Å²) in [6.07, 6.45) is -5.08. The lowest BCUT2D eigenvalue weighted by molar-refractivity contribution is -0.140. The van der Waals surface area contributed by atoms with Crippen molar-refractivity contribution in [2.45, 2.75) is 11.1 Å². The first-order valence-corrected chi connectivity index (χ1v) is 8.39. The van der Waals surface area contributed by atoms with Crippen molar-refractivity contribution >= 4 is 21.6 Å². The van der Waals surface area contributed by atoms with E-state index in [9.17, 15) is 35.2 Å². The fourth-order valence-corrected chi connectivity index (χ4v) is 2.91. The van der Waals surface area contributed by atoms with Gasteiger partial charge in [0, 0.05) is 5.69 Å². The van der Waals surface area contributed by atoms with Crippen molar-refractivity contribution in [1.29, 1.82) is 0 Å². The molecule has 0 radical (unpaired) electrons. The van der Waals surface area contributed by atoms with E-state index in [1.54, 1.807) is 4.72 Å². The predicted octanol–water partition coefficient (Wildman–Crippen LogP) is 2.90. The van der Waals surface area contributed by atoms with Crippen LogP contribution in [0, 0.1) is 11.6 Å². The lowest BCUT2D eigenvalue weighted by Crippen LogP contribution is -2.33. The van der Waals surface area contributed by atoms with Crippen LogP contribution < -0.4 is 10.0 Å². The molecule has 0 aliphatic carbocycles. The van der Waals surface area contributed by atoms with Gasteiger partial charge in [-0.05, 0) is 36.4 Å². The van der Waals surface area contributed by atoms with Gasteiger partial charge in [0.25, 0.3) is 0 Å². The van der Waals surface area contributed by atoms with Crippen LogP contribution >= 0.6 is 0 Å². The van der Waals surface area contributed by atoms with E-state index in [0.717, 1.165) is 12.1 Å². The van der Waals surface area contributed by atoms with E-state index in [2.05, 4.69) is 5.32 Å². The number of nitrogens with one attached hydrogen (secondary N) is 2. The van der Waals surface area contributed by atoms with Gasteiger partial charge in [0.05, 0.1) is 17.0 Å². The van der Waals surface area contributed by atoms with Gasteiger partial charge in [-0.2, -0.15) is 13.2 Å². The Morgan fingerprint density at radius 1 is 1.04 bits per heavy atom. The van der Waals surface area contributed by atoms with Crippen LogP contribution in [0.2, 0.25) is 0 Å². The van der Waals surface area contributed by atoms with Crippen molar-refractivity contribution in [1.82, 2.24) is 4.72 Å². The standard InChI is InChI=1S/C15H11F5N2O3S/c16-9-2-1-3-10(6-9)22-14(23)8-21-26(24,25)11-4-5-13(17)12(7-11)15(18,19)20/h1-7,21H,8H2,(H,22,23). The van der Waals surface area contributed by atoms with Crippen LogP contribution in [0.5, 0.6) is 0 Å². The maximum absolute atomic E-state index is 13.2. The average molecular weight is 394 g/mol. The summed E-state index contributed by atoms with van der Waals surface area (Å²) >= 11 is 0. The van der Waals surface area contributed by atoms with Gasteiger partial charge < -0.3 is 5.32 Å². The third kappa shape index (κ3) is 4.99. The highest BCUT2D eigenvalue weighted by molar-refractivity contribution is 7.89. The van der Waals surface area contributed by atoms with Crippen LogP contribution in [0.4, 0.5) is 27.6 Å². The number of alkyl halides is 3. The van der Waals surface area contributed by atoms with E-state index in [4.69, 9.17) is 0 Å². The molecule has 0 bridgehead atoms. The minimum atomic E-state index is -5.08. The Bertz CT molecular complexity index is 929. The molecule has 0 aliphatic rings. The first kappa shape index (κ1) is 19.8. The van der Waals surface area contributed by atoms with Crippen molar-refractivity contribution in [3.8, 4) is 0 Å². The number of anilines is 1. The zero-order valence-electron chi connectivity index (χ0n) is 12.8. The minimum absolute atomic E-state index is 0.0651. The second-order valence-corrected chi connectivity index (χ2v) is 6.79. The van der Waals surface area contributed by atoms with Gasteiger partial charge in [0.15, 0.2) is 0 Å². The number of carbonyl (C=O) groups is 1. The lowest BCUT2D eigenvalue weighted by atomic mass is 10.2. The Hall–Kier alpha value is -2.53. The van der Waals surface area contributed by atoms with Gasteiger partial charge in [0.1, 0.15) is 11.6 Å². The fourth-order valence-electron chi connectivity index (χ4n) is 1.90. The zero-order chi connectivity index (χ0) is 19.5. The molecule has 0 saturated carbocycles. The zero-order valence-corrected chi connectivity index (χ0v) is 13.6. The minimum Gasteiger partial charge on any atom is -0.325 e. The maximum Gasteiger partial charge on any atom is 0.419 e. The van der Waals surface area contributed by atoms with Crippen LogP contribution in [0.15, 0.2) is 47.4 Å². The van der Waals surface area contributed by atoms with Crippen LogP contribution in [-0.2, 0) is 21.0 Å². The molecule has 11 heteroatoms. The molecular weight excluding hydrogens is 383 g/mol. The number of halogens is 5. The van der Waals surface area contributed by atoms with E-state index in [0.29, 0.717) is 12.1 Å². The molecule has 0 heterocycles. The molecule has 26 heavy (non-hydrogen) atoms. The highest BCUT2D eigenvalue weighted by Crippen LogP contribution is 2.32. The third-order valence-electron chi connectivity index (χ3n) is 3.08. The number of benzene rings is 2. The number of hydrogen-bond donors (Lipinski definition) is 2. The average Bonchev–Trinajstić information content (AvgIpc) is 2.52. The highest BCUT2D eigenvalue weighted by atomic mass is 32.2. The molecule has 0 fully saturated rings. The van der Waals surface area contributed by atoms with Crippen LogP contribution in [0.25, 0.3) is 0 Å². The Morgan fingerprint density at radius 3 is 2.35 bits per heavy atom. The van der Waals surface area contributed by atoms with Gasteiger partial charge >= 0.3 is 6.18 Å². The fraction of sp³-hybridized carbons (Fsp3) is 0.133. The molecule has 0 atom stereocenters. The summed E-state index contributed by atoms with van der Waals surface area (Å²) < 4.78 is 89.9. The third-order valence-corrected chi connectivity index (χ3v) is 4.48. The lowest BCUT2D eigenvalue weighted by Gasteiger charge is -2.11. The van der Waals surface area contributed by atoms with E-state index in [1.807, 2.05) is 0 Å². The maximum atomic E-state index is 13.2. The molecule has 140 valence electrons. The molecule has 0 spiro atoms. The largest absolute Gasteiger partial charge is 0.419 e. The molecule has 0 aliphatic heterocycles. The quantitative estimate of drug-likeness (QED) is 0.766. The van der Waals surface area contributed by atoms with Gasteiger partial charge in [0.2, 0.25) is 15.9 Å². The van der Waals surface area contributed by atoms with Crippen molar-refractivity contribution in [3.05, 3.63) is 59.7 Å². The van der Waals surface area contributed by atoms with Crippen LogP contribution in [0.3, 0.4) is 0 Å². The molecule has 2 aromatic carbocycles. The highest BCUT2D eigenvalue weighted by Gasteiger charge is 2.35. The predicted molar refractivity (Wildman–Crippen MR) is 81.6 cm³/mol. The summed E-state index contributed by atoms with van der Waals surface area (Å²) in [7, 11) is -4.51. The van der Waals surface area contributed by atoms with E-state index < -0.39 is 50.7 Å². The molecule has 2 N–H and O–H groups in total. The molecular formula is C15H11F5N2O3S. The normalized spacial score (nSPS) is 12.0. The van der Waals surface area contributed by atoms with Gasteiger partial charge in [-0.25, -0.2) is 21.9 Å². The topological polar surface area (TPSA) is 75.3 Å². The Kier molecular flexibility index (Phi) is 5.62. The summed E-state index contributed by atoms with van der Waals surface area (Å²) in [6, 6.07) is 5.91. The van der Waals surface area contributed by atoms with Gasteiger partial charge in [-0.3, -0.25) is 4.79 Å². The summed E-state index contributed by atoms with van der Waals surface area (Å²) in [6.45, 7) is -0.822. The molecule has 0 saturated heterocycles. The number of hydrogen-bond acceptors (Lipinski definition) is 3. The van der Waals surface area contributed by atoms with Crippen molar-refractivity contribution in [2.75, 3.05) is 11.9 Å². The summed E-state index contributed by atoms with van der Waals surface area (Å²) in [5.41, 5.74) is -1.68. The summed E-state index contributed by atoms with van der Waals surface area (Å²) in [4.78, 5) is 10.8. The van der Waals surface area contributed by atoms with Crippen LogP contribution in [-0.4, -0.2) is 20.9 Å².